The van der Waals surface area contributed by atoms with E-state index in [2.05, 4.69) is 37.9 Å². The molecule has 3 rings (SSSR count). The van der Waals surface area contributed by atoms with Gasteiger partial charge in [-0.05, 0) is 48.8 Å². The molecular weight excluding hydrogens is 306 g/mol. The highest BCUT2D eigenvalue weighted by molar-refractivity contribution is 6.39. The van der Waals surface area contributed by atoms with E-state index < -0.39 is 11.8 Å². The minimum atomic E-state index is -0.761. The van der Waals surface area contributed by atoms with E-state index in [0.29, 0.717) is 6.42 Å². The van der Waals surface area contributed by atoms with Crippen molar-refractivity contribution in [2.75, 3.05) is 5.32 Å². The largest absolute Gasteiger partial charge is 0.341 e. The Bertz CT molecular complexity index is 727. The van der Waals surface area contributed by atoms with Crippen LogP contribution >= 0.6 is 0 Å². The average molecular weight is 327 g/mol. The molecule has 7 heteroatoms. The molecule has 1 heterocycles. The van der Waals surface area contributed by atoms with Gasteiger partial charge in [0.25, 0.3) is 0 Å². The molecule has 1 atom stereocenters. The second-order valence-electron chi connectivity index (χ2n) is 5.96. The lowest BCUT2D eigenvalue weighted by Crippen LogP contribution is -2.38. The zero-order chi connectivity index (χ0) is 16.9. The minimum absolute atomic E-state index is 0.150. The van der Waals surface area contributed by atoms with Crippen LogP contribution in [0, 0.1) is 0 Å². The molecule has 0 spiro atoms. The molecular formula is C17H21N5O2. The smallest absolute Gasteiger partial charge is 0.316 e. The Balaban J connectivity index is 1.67. The first-order chi connectivity index (χ1) is 11.7. The Morgan fingerprint density at radius 3 is 2.71 bits per heavy atom. The Morgan fingerprint density at radius 2 is 2.00 bits per heavy atom. The van der Waals surface area contributed by atoms with Crippen molar-refractivity contribution in [3.05, 3.63) is 41.2 Å². The second-order valence-corrected chi connectivity index (χ2v) is 5.96. The van der Waals surface area contributed by atoms with Gasteiger partial charge in [-0.3, -0.25) is 14.9 Å². The van der Waals surface area contributed by atoms with Crippen molar-refractivity contribution in [3.63, 3.8) is 0 Å². The Labute approximate surface area is 140 Å². The summed E-state index contributed by atoms with van der Waals surface area (Å²) in [4.78, 5) is 27.8. The third kappa shape index (κ3) is 3.61. The third-order valence-corrected chi connectivity index (χ3v) is 4.34. The average Bonchev–Trinajstić information content (AvgIpc) is 3.12. The van der Waals surface area contributed by atoms with Crippen molar-refractivity contribution in [2.45, 2.75) is 45.1 Å². The first-order valence-corrected chi connectivity index (χ1v) is 8.26. The van der Waals surface area contributed by atoms with Gasteiger partial charge < -0.3 is 5.32 Å². The number of nitrogens with one attached hydrogen (secondary N) is 3. The number of nitrogens with zero attached hydrogens (tertiary/aromatic N) is 2. The van der Waals surface area contributed by atoms with Crippen LogP contribution in [-0.4, -0.2) is 27.0 Å². The van der Waals surface area contributed by atoms with Gasteiger partial charge in [-0.25, -0.2) is 5.10 Å². The van der Waals surface area contributed by atoms with Crippen molar-refractivity contribution in [1.82, 2.24) is 20.5 Å². The number of aromatic amines is 1. The van der Waals surface area contributed by atoms with Gasteiger partial charge in [0.15, 0.2) is 0 Å². The Hall–Kier alpha value is -2.70. The van der Waals surface area contributed by atoms with Crippen LogP contribution in [0.3, 0.4) is 0 Å². The van der Waals surface area contributed by atoms with Crippen molar-refractivity contribution in [1.29, 1.82) is 0 Å². The zero-order valence-corrected chi connectivity index (χ0v) is 13.6. The molecule has 2 aromatic rings. The summed E-state index contributed by atoms with van der Waals surface area (Å²) in [6, 6.07) is 6.17. The minimum Gasteiger partial charge on any atom is -0.341 e. The first kappa shape index (κ1) is 16.2. The summed E-state index contributed by atoms with van der Waals surface area (Å²) >= 11 is 0. The third-order valence-electron chi connectivity index (χ3n) is 4.34. The maximum atomic E-state index is 12.1. The van der Waals surface area contributed by atoms with Crippen LogP contribution < -0.4 is 10.6 Å². The molecule has 1 aromatic heterocycles. The fraction of sp³-hybridized carbons (Fsp3) is 0.412. The van der Waals surface area contributed by atoms with Gasteiger partial charge >= 0.3 is 11.8 Å². The summed E-state index contributed by atoms with van der Waals surface area (Å²) in [5.74, 6) is -1.30. The first-order valence-electron chi connectivity index (χ1n) is 8.26. The number of aryl methyl sites for hydroxylation is 2. The van der Waals surface area contributed by atoms with E-state index in [-0.39, 0.29) is 12.0 Å². The summed E-state index contributed by atoms with van der Waals surface area (Å²) in [7, 11) is 0. The summed E-state index contributed by atoms with van der Waals surface area (Å²) in [6.07, 6.45) is 6.62. The number of fused-ring (bicyclic) bond motifs is 1. The normalized spacial score (nSPS) is 14.5. The van der Waals surface area contributed by atoms with Crippen LogP contribution in [0.25, 0.3) is 0 Å². The molecule has 1 unspecified atom stereocenters. The fourth-order valence-corrected chi connectivity index (χ4v) is 3.05. The maximum Gasteiger partial charge on any atom is 0.316 e. The highest BCUT2D eigenvalue weighted by Crippen LogP contribution is 2.26. The second kappa shape index (κ2) is 7.25. The number of hydrogen-bond acceptors (Lipinski definition) is 4. The lowest BCUT2D eigenvalue weighted by molar-refractivity contribution is -0.136. The molecule has 1 aliphatic carbocycles. The molecule has 24 heavy (non-hydrogen) atoms. The van der Waals surface area contributed by atoms with Crippen LogP contribution in [0.4, 0.5) is 5.95 Å². The molecule has 0 radical (unpaired) electrons. The number of aromatic nitrogens is 3. The van der Waals surface area contributed by atoms with Gasteiger partial charge in [0, 0.05) is 0 Å². The van der Waals surface area contributed by atoms with E-state index in [1.807, 2.05) is 13.0 Å². The van der Waals surface area contributed by atoms with Crippen molar-refractivity contribution in [2.24, 2.45) is 0 Å². The number of carbonyl (C=O) groups is 2. The van der Waals surface area contributed by atoms with Crippen molar-refractivity contribution >= 4 is 17.8 Å². The maximum absolute atomic E-state index is 12.1. The van der Waals surface area contributed by atoms with Gasteiger partial charge in [-0.15, -0.1) is 0 Å². The number of carbonyl (C=O) groups excluding carboxylic acids is 2. The molecule has 126 valence electrons. The van der Waals surface area contributed by atoms with E-state index in [0.717, 1.165) is 18.4 Å². The molecule has 0 bridgehead atoms. The zero-order valence-electron chi connectivity index (χ0n) is 13.6. The highest BCUT2D eigenvalue weighted by Gasteiger charge is 2.20. The van der Waals surface area contributed by atoms with Gasteiger partial charge in [-0.1, -0.05) is 25.1 Å². The van der Waals surface area contributed by atoms with Crippen molar-refractivity contribution in [3.8, 4) is 0 Å². The summed E-state index contributed by atoms with van der Waals surface area (Å²) in [5, 5.41) is 11.3. The molecule has 3 N–H and O–H groups in total. The van der Waals surface area contributed by atoms with Gasteiger partial charge in [-0.2, -0.15) is 10.1 Å². The number of H-pyrrole nitrogens is 1. The van der Waals surface area contributed by atoms with E-state index in [1.54, 1.807) is 0 Å². The van der Waals surface area contributed by atoms with Crippen molar-refractivity contribution < 1.29 is 9.59 Å². The summed E-state index contributed by atoms with van der Waals surface area (Å²) in [6.45, 7) is 1.98. The fourth-order valence-electron chi connectivity index (χ4n) is 3.05. The number of hydrogen-bond donors (Lipinski definition) is 3. The number of amides is 2. The SMILES string of the molecule is CCC(NC(=O)C(=O)Nc1ncn[nH]1)c1ccc2c(c1)CCCC2. The van der Waals surface area contributed by atoms with Crippen LogP contribution in [-0.2, 0) is 22.4 Å². The van der Waals surface area contributed by atoms with Crippen LogP contribution in [0.5, 0.6) is 0 Å². The molecule has 0 saturated carbocycles. The van der Waals surface area contributed by atoms with Crippen LogP contribution in [0.2, 0.25) is 0 Å². The Morgan fingerprint density at radius 1 is 1.21 bits per heavy atom. The molecule has 0 fully saturated rings. The molecule has 7 nitrogen and oxygen atoms in total. The number of anilines is 1. The monoisotopic (exact) mass is 327 g/mol. The summed E-state index contributed by atoms with van der Waals surface area (Å²) < 4.78 is 0. The molecule has 1 aliphatic rings. The Kier molecular flexibility index (Phi) is 4.88. The molecule has 0 aliphatic heterocycles. The predicted molar refractivity (Wildman–Crippen MR) is 89.3 cm³/mol. The number of benzene rings is 1. The predicted octanol–water partition coefficient (Wildman–Crippen LogP) is 1.89. The van der Waals surface area contributed by atoms with E-state index in [4.69, 9.17) is 0 Å². The van der Waals surface area contributed by atoms with Gasteiger partial charge in [0.05, 0.1) is 6.04 Å². The van der Waals surface area contributed by atoms with E-state index in [9.17, 15) is 9.59 Å². The van der Waals surface area contributed by atoms with E-state index in [1.165, 1.54) is 30.3 Å². The molecule has 0 saturated heterocycles. The van der Waals surface area contributed by atoms with Crippen LogP contribution in [0.15, 0.2) is 24.5 Å². The highest BCUT2D eigenvalue weighted by atomic mass is 16.2. The molecule has 1 aromatic carbocycles. The van der Waals surface area contributed by atoms with Gasteiger partial charge in [0.2, 0.25) is 5.95 Å². The standard InChI is InChI=1S/C17H21N5O2/c1-2-14(13-8-7-11-5-3-4-6-12(11)9-13)20-15(23)16(24)21-17-18-10-19-22-17/h7-10,14H,2-6H2,1H3,(H,20,23)(H2,18,19,21,22,24). The lowest BCUT2D eigenvalue weighted by atomic mass is 9.89. The number of rotatable bonds is 4. The lowest BCUT2D eigenvalue weighted by Gasteiger charge is -2.21. The van der Waals surface area contributed by atoms with Gasteiger partial charge in [0.1, 0.15) is 6.33 Å². The summed E-state index contributed by atoms with van der Waals surface area (Å²) in [5.41, 5.74) is 3.80. The topological polar surface area (TPSA) is 99.8 Å². The quantitative estimate of drug-likeness (QED) is 0.747. The van der Waals surface area contributed by atoms with Crippen LogP contribution in [0.1, 0.15) is 48.9 Å². The molecule has 2 amide bonds. The van der Waals surface area contributed by atoms with E-state index >= 15 is 0 Å².